The Balaban J connectivity index is 0.00000121. The van der Waals surface area contributed by atoms with Gasteiger partial charge in [-0.2, -0.15) is 0 Å². The molecule has 6 heteroatoms. The van der Waals surface area contributed by atoms with Crippen LogP contribution >= 0.6 is 11.6 Å². The first-order valence-corrected chi connectivity index (χ1v) is 4.50. The topological polar surface area (TPSA) is 57.2 Å². The molecular formula is C6H4ClNaO3S. The molecule has 0 aliphatic heterocycles. The SMILES string of the molecule is O=S(=O)([O-])c1ccc(Cl)cc1.[Na+]. The molecule has 1 aromatic rings. The molecule has 0 atom stereocenters. The zero-order valence-electron chi connectivity index (χ0n) is 6.32. The molecule has 60 valence electrons. The number of rotatable bonds is 1. The van der Waals surface area contributed by atoms with E-state index in [1.54, 1.807) is 0 Å². The normalized spacial score (nSPS) is 10.5. The van der Waals surface area contributed by atoms with Crippen LogP contribution in [0, 0.1) is 0 Å². The Morgan fingerprint density at radius 3 is 1.92 bits per heavy atom. The molecule has 0 saturated heterocycles. The second kappa shape index (κ2) is 4.60. The summed E-state index contributed by atoms with van der Waals surface area (Å²) in [4.78, 5) is -0.262. The maximum atomic E-state index is 10.3. The van der Waals surface area contributed by atoms with Gasteiger partial charge in [0, 0.05) is 5.02 Å². The third-order valence-electron chi connectivity index (χ3n) is 1.10. The largest absolute Gasteiger partial charge is 1.00 e. The van der Waals surface area contributed by atoms with E-state index < -0.39 is 10.1 Å². The fourth-order valence-electron chi connectivity index (χ4n) is 0.601. The predicted octanol–water partition coefficient (Wildman–Crippen LogP) is -1.75. The van der Waals surface area contributed by atoms with Crippen molar-refractivity contribution in [3.05, 3.63) is 29.3 Å². The maximum absolute atomic E-state index is 10.3. The van der Waals surface area contributed by atoms with Crippen LogP contribution < -0.4 is 29.6 Å². The van der Waals surface area contributed by atoms with E-state index in [1.165, 1.54) is 24.3 Å². The van der Waals surface area contributed by atoms with Gasteiger partial charge in [0.1, 0.15) is 10.1 Å². The number of hydrogen-bond donors (Lipinski definition) is 0. The van der Waals surface area contributed by atoms with E-state index in [-0.39, 0.29) is 34.5 Å². The van der Waals surface area contributed by atoms with E-state index in [4.69, 9.17) is 11.6 Å². The van der Waals surface area contributed by atoms with E-state index in [0.29, 0.717) is 5.02 Å². The monoisotopic (exact) mass is 214 g/mol. The Morgan fingerprint density at radius 2 is 1.58 bits per heavy atom. The summed E-state index contributed by atoms with van der Waals surface area (Å²) in [5.41, 5.74) is 0. The number of benzene rings is 1. The quantitative estimate of drug-likeness (QED) is 0.412. The van der Waals surface area contributed by atoms with E-state index in [0.717, 1.165) is 0 Å². The number of hydrogen-bond acceptors (Lipinski definition) is 3. The van der Waals surface area contributed by atoms with Crippen LogP contribution in [0.25, 0.3) is 0 Å². The molecule has 0 N–H and O–H groups in total. The van der Waals surface area contributed by atoms with Gasteiger partial charge in [0.15, 0.2) is 0 Å². The Labute approximate surface area is 97.8 Å². The van der Waals surface area contributed by atoms with E-state index in [1.807, 2.05) is 0 Å². The van der Waals surface area contributed by atoms with Gasteiger partial charge in [-0.1, -0.05) is 11.6 Å². The summed E-state index contributed by atoms with van der Waals surface area (Å²) in [7, 11) is -4.33. The molecule has 0 fully saturated rings. The van der Waals surface area contributed by atoms with Crippen LogP contribution in [0.2, 0.25) is 5.02 Å². The van der Waals surface area contributed by atoms with Gasteiger partial charge in [-0.05, 0) is 24.3 Å². The minimum atomic E-state index is -4.33. The summed E-state index contributed by atoms with van der Waals surface area (Å²) in [5, 5.41) is 0.400. The van der Waals surface area contributed by atoms with Gasteiger partial charge < -0.3 is 4.55 Å². The summed E-state index contributed by atoms with van der Waals surface area (Å²) in [6.07, 6.45) is 0. The first-order chi connectivity index (χ1) is 5.00. The summed E-state index contributed by atoms with van der Waals surface area (Å²) >= 11 is 5.46. The second-order valence-electron chi connectivity index (χ2n) is 1.91. The van der Waals surface area contributed by atoms with Gasteiger partial charge in [-0.25, -0.2) is 8.42 Å². The van der Waals surface area contributed by atoms with Crippen molar-refractivity contribution in [2.45, 2.75) is 4.90 Å². The van der Waals surface area contributed by atoms with Gasteiger partial charge in [0.25, 0.3) is 0 Å². The fraction of sp³-hybridized carbons (Fsp3) is 0. The predicted molar refractivity (Wildman–Crippen MR) is 39.4 cm³/mol. The molecule has 0 heterocycles. The average molecular weight is 215 g/mol. The summed E-state index contributed by atoms with van der Waals surface area (Å²) < 4.78 is 31.0. The van der Waals surface area contributed by atoms with Crippen LogP contribution in [-0.2, 0) is 10.1 Å². The van der Waals surface area contributed by atoms with Gasteiger partial charge in [0.2, 0.25) is 0 Å². The summed E-state index contributed by atoms with van der Waals surface area (Å²) in [6, 6.07) is 5.05. The molecule has 1 rings (SSSR count). The minimum absolute atomic E-state index is 0. The van der Waals surface area contributed by atoms with Gasteiger partial charge in [0.05, 0.1) is 4.90 Å². The van der Waals surface area contributed by atoms with Crippen LogP contribution in [0.5, 0.6) is 0 Å². The van der Waals surface area contributed by atoms with Crippen molar-refractivity contribution < 1.29 is 42.5 Å². The smallest absolute Gasteiger partial charge is 0.744 e. The first kappa shape index (κ1) is 12.4. The van der Waals surface area contributed by atoms with Crippen molar-refractivity contribution in [3.63, 3.8) is 0 Å². The van der Waals surface area contributed by atoms with Gasteiger partial charge in [-0.3, -0.25) is 0 Å². The Kier molecular flexibility index (Phi) is 4.76. The van der Waals surface area contributed by atoms with Crippen LogP contribution in [0.3, 0.4) is 0 Å². The minimum Gasteiger partial charge on any atom is -0.744 e. The van der Waals surface area contributed by atoms with Crippen LogP contribution in [-0.4, -0.2) is 13.0 Å². The van der Waals surface area contributed by atoms with Crippen molar-refractivity contribution in [2.24, 2.45) is 0 Å². The zero-order valence-corrected chi connectivity index (χ0v) is 9.89. The molecule has 0 amide bonds. The molecule has 3 nitrogen and oxygen atoms in total. The summed E-state index contributed by atoms with van der Waals surface area (Å²) in [5.74, 6) is 0. The van der Waals surface area contributed by atoms with Crippen molar-refractivity contribution >= 4 is 21.7 Å². The van der Waals surface area contributed by atoms with Gasteiger partial charge >= 0.3 is 29.6 Å². The molecule has 0 bridgehead atoms. The van der Waals surface area contributed by atoms with Crippen molar-refractivity contribution in [3.8, 4) is 0 Å². The zero-order chi connectivity index (χ0) is 8.48. The molecule has 1 aromatic carbocycles. The van der Waals surface area contributed by atoms with Crippen molar-refractivity contribution in [1.82, 2.24) is 0 Å². The Morgan fingerprint density at radius 1 is 1.17 bits per heavy atom. The van der Waals surface area contributed by atoms with Crippen molar-refractivity contribution in [2.75, 3.05) is 0 Å². The van der Waals surface area contributed by atoms with Gasteiger partial charge in [-0.15, -0.1) is 0 Å². The molecule has 0 spiro atoms. The summed E-state index contributed by atoms with van der Waals surface area (Å²) in [6.45, 7) is 0. The molecule has 0 radical (unpaired) electrons. The molecule has 0 aliphatic rings. The maximum Gasteiger partial charge on any atom is 1.00 e. The Bertz CT molecular complexity index is 346. The second-order valence-corrected chi connectivity index (χ2v) is 3.72. The third kappa shape index (κ3) is 3.43. The molecule has 0 unspecified atom stereocenters. The third-order valence-corrected chi connectivity index (χ3v) is 2.20. The average Bonchev–Trinajstić information content (AvgIpc) is 1.86. The standard InChI is InChI=1S/C6H5ClO3S.Na/c7-5-1-3-6(4-2-5)11(8,9)10;/h1-4H,(H,8,9,10);/q;+1/p-1. The number of halogens is 1. The van der Waals surface area contributed by atoms with Crippen molar-refractivity contribution in [1.29, 1.82) is 0 Å². The molecule has 0 saturated carbocycles. The van der Waals surface area contributed by atoms with E-state index in [2.05, 4.69) is 0 Å². The molecule has 0 aliphatic carbocycles. The first-order valence-electron chi connectivity index (χ1n) is 2.71. The fourth-order valence-corrected chi connectivity index (χ4v) is 1.20. The molecular weight excluding hydrogens is 211 g/mol. The molecule has 0 aromatic heterocycles. The van der Waals surface area contributed by atoms with E-state index >= 15 is 0 Å². The Hall–Kier alpha value is 0.420. The van der Waals surface area contributed by atoms with Crippen LogP contribution in [0.15, 0.2) is 29.2 Å². The van der Waals surface area contributed by atoms with Crippen LogP contribution in [0.4, 0.5) is 0 Å². The van der Waals surface area contributed by atoms with Crippen LogP contribution in [0.1, 0.15) is 0 Å². The molecule has 12 heavy (non-hydrogen) atoms. The van der Waals surface area contributed by atoms with E-state index in [9.17, 15) is 13.0 Å².